The van der Waals surface area contributed by atoms with E-state index in [1.807, 2.05) is 0 Å². The first-order valence-corrected chi connectivity index (χ1v) is 23.4. The number of hydrogen-bond donors (Lipinski definition) is 3. The van der Waals surface area contributed by atoms with Crippen molar-refractivity contribution in [3.63, 3.8) is 0 Å². The van der Waals surface area contributed by atoms with Crippen molar-refractivity contribution in [3.8, 4) is 0 Å². The molecule has 0 spiro atoms. The molecule has 0 aliphatic heterocycles. The van der Waals surface area contributed by atoms with Gasteiger partial charge in [-0.1, -0.05) is 145 Å². The molecule has 0 radical (unpaired) electrons. The molecule has 0 saturated carbocycles. The summed E-state index contributed by atoms with van der Waals surface area (Å²) in [6.07, 6.45) is 47.3. The molecule has 0 heterocycles. The van der Waals surface area contributed by atoms with Gasteiger partial charge in [0.2, 0.25) is 0 Å². The van der Waals surface area contributed by atoms with Crippen molar-refractivity contribution in [2.75, 3.05) is 26.4 Å². The van der Waals surface area contributed by atoms with Gasteiger partial charge in [0.15, 0.2) is 0 Å². The number of ether oxygens (including phenoxy) is 2. The first-order chi connectivity index (χ1) is 27.8. The Morgan fingerprint density at radius 3 is 1.23 bits per heavy atom. The van der Waals surface area contributed by atoms with Crippen LogP contribution in [0.15, 0.2) is 72.9 Å². The summed E-state index contributed by atoms with van der Waals surface area (Å²) in [6, 6.07) is 0. The zero-order valence-electron chi connectivity index (χ0n) is 35.5. The number of carbonyl (C=O) groups excluding carboxylic acids is 2. The molecule has 0 fully saturated rings. The molecule has 57 heavy (non-hydrogen) atoms. The van der Waals surface area contributed by atoms with Crippen LogP contribution in [0.25, 0.3) is 0 Å². The van der Waals surface area contributed by atoms with E-state index in [1.54, 1.807) is 0 Å². The van der Waals surface area contributed by atoms with Gasteiger partial charge in [0.1, 0.15) is 12.2 Å². The van der Waals surface area contributed by atoms with E-state index in [9.17, 15) is 29.3 Å². The number of aliphatic hydroxyl groups excluding tert-OH is 2. The van der Waals surface area contributed by atoms with E-state index in [0.29, 0.717) is 12.8 Å². The van der Waals surface area contributed by atoms with Crippen LogP contribution in [0.2, 0.25) is 0 Å². The Kier molecular flexibility index (Phi) is 39.7. The van der Waals surface area contributed by atoms with Crippen molar-refractivity contribution in [3.05, 3.63) is 72.9 Å². The number of phosphoric acid groups is 1. The summed E-state index contributed by atoms with van der Waals surface area (Å²) in [5.41, 5.74) is 0. The first-order valence-electron chi connectivity index (χ1n) is 21.9. The molecule has 0 bridgehead atoms. The molecule has 0 aromatic carbocycles. The van der Waals surface area contributed by atoms with Gasteiger partial charge in [0.25, 0.3) is 0 Å². The zero-order valence-corrected chi connectivity index (χ0v) is 36.4. The molecule has 0 aromatic rings. The molecule has 3 N–H and O–H groups in total. The predicted molar refractivity (Wildman–Crippen MR) is 233 cm³/mol. The Labute approximate surface area is 346 Å². The van der Waals surface area contributed by atoms with Crippen molar-refractivity contribution in [2.24, 2.45) is 0 Å². The monoisotopic (exact) mass is 823 g/mol. The average Bonchev–Trinajstić information content (AvgIpc) is 3.20. The van der Waals surface area contributed by atoms with E-state index in [-0.39, 0.29) is 12.8 Å². The Hall–Kier alpha value is -2.59. The summed E-state index contributed by atoms with van der Waals surface area (Å²) in [5, 5.41) is 19.2. The van der Waals surface area contributed by atoms with Gasteiger partial charge >= 0.3 is 19.8 Å². The SMILES string of the molecule is CC/C=C\C/C=C\C/C=C\C/C=C\CCCCC(=O)OC(CO)COP(=O)(O)OCC(CO)OC(=O)CCCCCCCCCCC/C=C\C/C=C\CCCCC. The van der Waals surface area contributed by atoms with Gasteiger partial charge < -0.3 is 24.6 Å². The van der Waals surface area contributed by atoms with Gasteiger partial charge in [-0.25, -0.2) is 4.57 Å². The number of esters is 2. The Balaban J connectivity index is 3.97. The molecule has 10 nitrogen and oxygen atoms in total. The summed E-state index contributed by atoms with van der Waals surface area (Å²) < 4.78 is 32.5. The Bertz CT molecular complexity index is 1180. The van der Waals surface area contributed by atoms with Crippen molar-refractivity contribution in [1.29, 1.82) is 0 Å². The maximum Gasteiger partial charge on any atom is 0.472 e. The van der Waals surface area contributed by atoms with Crippen LogP contribution >= 0.6 is 7.82 Å². The third kappa shape index (κ3) is 40.0. The number of rotatable bonds is 40. The number of carbonyl (C=O) groups is 2. The molecular formula is C46H79O10P. The second kappa shape index (κ2) is 41.6. The third-order valence-corrected chi connectivity index (χ3v) is 9.85. The van der Waals surface area contributed by atoms with E-state index in [0.717, 1.165) is 70.6 Å². The number of unbranched alkanes of at least 4 members (excludes halogenated alkanes) is 14. The van der Waals surface area contributed by atoms with E-state index in [2.05, 4.69) is 86.8 Å². The smallest absolute Gasteiger partial charge is 0.457 e. The van der Waals surface area contributed by atoms with Gasteiger partial charge in [0, 0.05) is 12.8 Å². The number of hydrogen-bond acceptors (Lipinski definition) is 9. The first kappa shape index (κ1) is 54.4. The van der Waals surface area contributed by atoms with Crippen molar-refractivity contribution in [2.45, 2.75) is 180 Å². The molecule has 0 aliphatic carbocycles. The molecular weight excluding hydrogens is 743 g/mol. The summed E-state index contributed by atoms with van der Waals surface area (Å²) in [6.45, 7) is 2.00. The van der Waals surface area contributed by atoms with Gasteiger partial charge in [0.05, 0.1) is 26.4 Å². The van der Waals surface area contributed by atoms with Crippen LogP contribution in [0.5, 0.6) is 0 Å². The summed E-state index contributed by atoms with van der Waals surface area (Å²) in [5.74, 6) is -1.07. The summed E-state index contributed by atoms with van der Waals surface area (Å²) in [4.78, 5) is 34.5. The normalized spacial score (nSPS) is 14.5. The van der Waals surface area contributed by atoms with E-state index < -0.39 is 58.4 Å². The predicted octanol–water partition coefficient (Wildman–Crippen LogP) is 11.7. The quantitative estimate of drug-likeness (QED) is 0.0236. The average molecular weight is 823 g/mol. The topological polar surface area (TPSA) is 149 Å². The standard InChI is InChI=1S/C46H79O10P/c1-3-5-7-9-11-13-15-17-19-20-21-22-24-26-28-30-32-34-36-38-46(50)56-44(40-48)42-54-57(51,52)53-41-43(39-47)55-45(49)37-35-33-31-29-27-25-23-18-16-14-12-10-8-6-4-2/h6,8,11-14,17-19,23,27,29,43-44,47-48H,3-5,7,9-10,15-16,20-22,24-26,28,30-42H2,1-2H3,(H,51,52)/b8-6-,13-11-,14-12-,19-17-,23-18-,29-27-. The number of allylic oxidation sites excluding steroid dienone is 12. The molecule has 3 atom stereocenters. The molecule has 0 aliphatic rings. The van der Waals surface area contributed by atoms with Crippen molar-refractivity contribution >= 4 is 19.8 Å². The fourth-order valence-electron chi connectivity index (χ4n) is 5.55. The van der Waals surface area contributed by atoms with E-state index in [1.165, 1.54) is 57.8 Å². The lowest BCUT2D eigenvalue weighted by Crippen LogP contribution is -2.28. The maximum atomic E-state index is 12.4. The fraction of sp³-hybridized carbons (Fsp3) is 0.696. The molecule has 3 unspecified atom stereocenters. The van der Waals surface area contributed by atoms with Crippen LogP contribution in [0, 0.1) is 0 Å². The van der Waals surface area contributed by atoms with Gasteiger partial charge in [-0.05, 0) is 83.5 Å². The second-order valence-electron chi connectivity index (χ2n) is 14.3. The van der Waals surface area contributed by atoms with E-state index >= 15 is 0 Å². The summed E-state index contributed by atoms with van der Waals surface area (Å²) in [7, 11) is -4.65. The van der Waals surface area contributed by atoms with E-state index in [4.69, 9.17) is 18.5 Å². The van der Waals surface area contributed by atoms with Gasteiger partial charge in [-0.15, -0.1) is 0 Å². The summed E-state index contributed by atoms with van der Waals surface area (Å²) >= 11 is 0. The van der Waals surface area contributed by atoms with Gasteiger partial charge in [-0.2, -0.15) is 0 Å². The number of phosphoric ester groups is 1. The fourth-order valence-corrected chi connectivity index (χ4v) is 6.33. The van der Waals surface area contributed by atoms with Crippen LogP contribution in [0.3, 0.4) is 0 Å². The molecule has 11 heteroatoms. The highest BCUT2D eigenvalue weighted by Gasteiger charge is 2.27. The van der Waals surface area contributed by atoms with Crippen LogP contribution in [-0.4, -0.2) is 65.7 Å². The molecule has 0 aromatic heterocycles. The van der Waals surface area contributed by atoms with Crippen molar-refractivity contribution < 1.29 is 47.8 Å². The van der Waals surface area contributed by atoms with Crippen LogP contribution in [0.4, 0.5) is 0 Å². The third-order valence-electron chi connectivity index (χ3n) is 8.90. The second-order valence-corrected chi connectivity index (χ2v) is 15.7. The molecule has 0 amide bonds. The molecule has 0 saturated heterocycles. The minimum Gasteiger partial charge on any atom is -0.457 e. The highest BCUT2D eigenvalue weighted by atomic mass is 31.2. The van der Waals surface area contributed by atoms with Gasteiger partial charge in [-0.3, -0.25) is 18.6 Å². The van der Waals surface area contributed by atoms with Crippen LogP contribution in [-0.2, 0) is 32.7 Å². The van der Waals surface area contributed by atoms with Crippen molar-refractivity contribution in [1.82, 2.24) is 0 Å². The lowest BCUT2D eigenvalue weighted by Gasteiger charge is -2.20. The molecule has 328 valence electrons. The number of aliphatic hydroxyl groups is 2. The lowest BCUT2D eigenvalue weighted by molar-refractivity contribution is -0.153. The maximum absolute atomic E-state index is 12.4. The minimum absolute atomic E-state index is 0.136. The van der Waals surface area contributed by atoms with Crippen LogP contribution in [0.1, 0.15) is 168 Å². The largest absolute Gasteiger partial charge is 0.472 e. The minimum atomic E-state index is -4.65. The highest BCUT2D eigenvalue weighted by molar-refractivity contribution is 7.47. The Morgan fingerprint density at radius 1 is 0.491 bits per heavy atom. The zero-order chi connectivity index (χ0) is 41.9. The lowest BCUT2D eigenvalue weighted by atomic mass is 10.1. The van der Waals surface area contributed by atoms with Crippen LogP contribution < -0.4 is 0 Å². The highest BCUT2D eigenvalue weighted by Crippen LogP contribution is 2.43. The Morgan fingerprint density at radius 2 is 0.825 bits per heavy atom. The molecule has 0 rings (SSSR count).